The quantitative estimate of drug-likeness (QED) is 0.377. The Kier molecular flexibility index (Phi) is 7.69. The van der Waals surface area contributed by atoms with E-state index in [1.54, 1.807) is 6.92 Å². The molecule has 14 heteroatoms. The number of piperazine rings is 1. The number of methoxy groups -OCH3 is 1. The lowest BCUT2D eigenvalue weighted by molar-refractivity contribution is -0.168. The first-order valence-electron chi connectivity index (χ1n) is 15.4. The van der Waals surface area contributed by atoms with E-state index in [2.05, 4.69) is 15.9 Å². The number of fused-ring (bicyclic) bond motifs is 9. The standard InChI is InChI=1S/C33H35N3O10S/c1-13-7-17-8-18-19(9-34)36-20-10-42-33(40)21(45-15(3)37)11-47-32(26(36)25(35(18)5)22(17)27(39)28(13)41-6)24-23(20)31-30(43-12-44-31)14(2)29(24)46-16(4)38/h7,18-21,25-26,32,39H,8,10-12H2,1-6H3/t18-,19-,20+,21-,25+,26?,32+/m0/s1. The van der Waals surface area contributed by atoms with Gasteiger partial charge in [0.2, 0.25) is 12.9 Å². The largest absolute Gasteiger partial charge is 0.504 e. The number of hydrogen-bond acceptors (Lipinski definition) is 14. The number of cyclic esters (lactones) is 1. The summed E-state index contributed by atoms with van der Waals surface area (Å²) in [5.74, 6) is -0.307. The van der Waals surface area contributed by atoms with Crippen molar-refractivity contribution in [3.63, 3.8) is 0 Å². The highest BCUT2D eigenvalue weighted by Crippen LogP contribution is 2.64. The van der Waals surface area contributed by atoms with Gasteiger partial charge >= 0.3 is 17.9 Å². The lowest BCUT2D eigenvalue weighted by Gasteiger charge is -2.61. The number of phenolic OH excluding ortho intramolecular Hbond substituents is 1. The first kappa shape index (κ1) is 31.4. The Bertz CT molecular complexity index is 1760. The normalized spacial score (nSPS) is 29.0. The molecule has 248 valence electrons. The number of carbonyl (C=O) groups is 3. The number of rotatable bonds is 3. The van der Waals surface area contributed by atoms with Crippen LogP contribution in [-0.2, 0) is 30.3 Å². The summed E-state index contributed by atoms with van der Waals surface area (Å²) in [6.07, 6.45) is -0.713. The van der Waals surface area contributed by atoms with Crippen LogP contribution in [-0.4, -0.2) is 90.4 Å². The number of aromatic hydroxyl groups is 1. The van der Waals surface area contributed by atoms with E-state index < -0.39 is 53.4 Å². The predicted octanol–water partition coefficient (Wildman–Crippen LogP) is 3.16. The summed E-state index contributed by atoms with van der Waals surface area (Å²) in [4.78, 5) is 42.3. The number of likely N-dealkylation sites (N-methyl/N-ethyl adjacent to an activating group) is 1. The molecule has 5 aliphatic heterocycles. The predicted molar refractivity (Wildman–Crippen MR) is 165 cm³/mol. The van der Waals surface area contributed by atoms with Gasteiger partial charge in [-0.05, 0) is 38.4 Å². The van der Waals surface area contributed by atoms with E-state index in [1.807, 2.05) is 20.0 Å². The summed E-state index contributed by atoms with van der Waals surface area (Å²) in [6.45, 7) is 5.94. The van der Waals surface area contributed by atoms with Crippen LogP contribution in [0.25, 0.3) is 0 Å². The van der Waals surface area contributed by atoms with Crippen LogP contribution in [0, 0.1) is 25.2 Å². The molecule has 7 rings (SSSR count). The molecule has 2 aromatic carbocycles. The number of hydrogen-bond donors (Lipinski definition) is 1. The Balaban J connectivity index is 1.54. The molecular formula is C33H35N3O10S. The van der Waals surface area contributed by atoms with E-state index in [0.717, 1.165) is 11.1 Å². The van der Waals surface area contributed by atoms with Gasteiger partial charge in [-0.3, -0.25) is 19.4 Å². The third-order valence-electron chi connectivity index (χ3n) is 9.93. The van der Waals surface area contributed by atoms with Crippen molar-refractivity contribution in [3.8, 4) is 34.8 Å². The average Bonchev–Trinajstić information content (AvgIpc) is 3.50. The van der Waals surface area contributed by atoms with Crippen molar-refractivity contribution in [2.45, 2.75) is 75.7 Å². The second kappa shape index (κ2) is 11.5. The third-order valence-corrected chi connectivity index (χ3v) is 11.3. The fraction of sp³-hybridized carbons (Fsp3) is 0.515. The van der Waals surface area contributed by atoms with Crippen LogP contribution in [0.4, 0.5) is 0 Å². The Morgan fingerprint density at radius 2 is 1.83 bits per heavy atom. The molecule has 2 fully saturated rings. The lowest BCUT2D eigenvalue weighted by Crippen LogP contribution is -2.69. The van der Waals surface area contributed by atoms with Gasteiger partial charge in [-0.15, -0.1) is 11.8 Å². The van der Waals surface area contributed by atoms with Gasteiger partial charge in [0.1, 0.15) is 18.4 Å². The van der Waals surface area contributed by atoms with Crippen LogP contribution < -0.4 is 18.9 Å². The van der Waals surface area contributed by atoms with Crippen molar-refractivity contribution in [1.82, 2.24) is 9.80 Å². The molecule has 1 unspecified atom stereocenters. The molecular weight excluding hydrogens is 630 g/mol. The molecule has 2 saturated heterocycles. The minimum Gasteiger partial charge on any atom is -0.504 e. The van der Waals surface area contributed by atoms with Gasteiger partial charge in [-0.1, -0.05) is 6.07 Å². The molecule has 7 atom stereocenters. The van der Waals surface area contributed by atoms with Crippen molar-refractivity contribution in [2.24, 2.45) is 0 Å². The van der Waals surface area contributed by atoms with E-state index in [0.29, 0.717) is 51.7 Å². The maximum Gasteiger partial charge on any atom is 0.348 e. The number of aryl methyl sites for hydroxylation is 1. The highest BCUT2D eigenvalue weighted by atomic mass is 32.2. The fourth-order valence-corrected chi connectivity index (χ4v) is 9.71. The van der Waals surface area contributed by atoms with Gasteiger partial charge in [-0.2, -0.15) is 5.26 Å². The summed E-state index contributed by atoms with van der Waals surface area (Å²) in [7, 11) is 3.46. The zero-order valence-corrected chi connectivity index (χ0v) is 27.6. The van der Waals surface area contributed by atoms with Crippen LogP contribution >= 0.6 is 11.8 Å². The molecule has 5 heterocycles. The molecule has 0 spiro atoms. The van der Waals surface area contributed by atoms with Crippen LogP contribution in [0.2, 0.25) is 0 Å². The van der Waals surface area contributed by atoms with E-state index in [4.69, 9.17) is 28.4 Å². The first-order chi connectivity index (χ1) is 22.5. The fourth-order valence-electron chi connectivity index (χ4n) is 8.23. The summed E-state index contributed by atoms with van der Waals surface area (Å²) in [5, 5.41) is 22.1. The first-order valence-corrected chi connectivity index (χ1v) is 16.4. The number of ether oxygens (including phenoxy) is 6. The van der Waals surface area contributed by atoms with Crippen molar-refractivity contribution in [2.75, 3.05) is 33.3 Å². The molecule has 1 N–H and O–H groups in total. The maximum atomic E-state index is 13.3. The van der Waals surface area contributed by atoms with E-state index in [-0.39, 0.29) is 30.9 Å². The van der Waals surface area contributed by atoms with Crippen molar-refractivity contribution < 1.29 is 47.9 Å². The maximum absolute atomic E-state index is 13.3. The molecule has 2 aromatic rings. The second-order valence-corrected chi connectivity index (χ2v) is 13.7. The number of carbonyl (C=O) groups excluding carboxylic acids is 3. The Labute approximate surface area is 275 Å². The molecule has 0 saturated carbocycles. The highest BCUT2D eigenvalue weighted by Gasteiger charge is 2.60. The summed E-state index contributed by atoms with van der Waals surface area (Å²) >= 11 is 1.33. The third kappa shape index (κ3) is 4.62. The molecule has 0 radical (unpaired) electrons. The zero-order chi connectivity index (χ0) is 33.5. The van der Waals surface area contributed by atoms with Crippen molar-refractivity contribution >= 4 is 29.7 Å². The van der Waals surface area contributed by atoms with Crippen LogP contribution in [0.3, 0.4) is 0 Å². The van der Waals surface area contributed by atoms with Gasteiger partial charge in [0.15, 0.2) is 23.0 Å². The van der Waals surface area contributed by atoms with Gasteiger partial charge in [0.05, 0.1) is 30.5 Å². The van der Waals surface area contributed by atoms with Gasteiger partial charge in [-0.25, -0.2) is 4.79 Å². The Morgan fingerprint density at radius 3 is 2.51 bits per heavy atom. The van der Waals surface area contributed by atoms with Crippen LogP contribution in [0.5, 0.6) is 28.7 Å². The summed E-state index contributed by atoms with van der Waals surface area (Å²) in [6, 6.07) is 1.84. The number of phenols is 1. The molecule has 5 aliphatic rings. The number of thioether (sulfide) groups is 1. The molecule has 13 nitrogen and oxygen atoms in total. The Hall–Kier alpha value is -4.19. The van der Waals surface area contributed by atoms with Crippen LogP contribution in [0.15, 0.2) is 6.07 Å². The lowest BCUT2D eigenvalue weighted by atomic mass is 9.71. The summed E-state index contributed by atoms with van der Waals surface area (Å²) < 4.78 is 34.9. The highest BCUT2D eigenvalue weighted by molar-refractivity contribution is 7.99. The van der Waals surface area contributed by atoms with Gasteiger partial charge in [0.25, 0.3) is 0 Å². The number of nitriles is 1. The topological polar surface area (TPSA) is 157 Å². The molecule has 0 aromatic heterocycles. The van der Waals surface area contributed by atoms with E-state index in [9.17, 15) is 24.8 Å². The minimum atomic E-state index is -1.20. The molecule has 0 aliphatic carbocycles. The number of esters is 3. The van der Waals surface area contributed by atoms with Crippen LogP contribution in [0.1, 0.15) is 64.6 Å². The minimum absolute atomic E-state index is 0.0116. The number of benzene rings is 2. The molecule has 47 heavy (non-hydrogen) atoms. The summed E-state index contributed by atoms with van der Waals surface area (Å²) in [5.41, 5.74) is 4.20. The zero-order valence-electron chi connectivity index (χ0n) is 26.8. The Morgan fingerprint density at radius 1 is 1.09 bits per heavy atom. The second-order valence-electron chi connectivity index (χ2n) is 12.5. The number of nitrogens with zero attached hydrogens (tertiary/aromatic N) is 3. The van der Waals surface area contributed by atoms with Crippen molar-refractivity contribution in [3.05, 3.63) is 39.4 Å². The van der Waals surface area contributed by atoms with Gasteiger partial charge < -0.3 is 33.5 Å². The SMILES string of the molecule is COc1c(C)cc2c(c1O)[C@@H]1C3[C@@H]4SC[C@H](OC(C)=O)C(=O)OC[C@H](c5c6c(c(C)c(OC(C)=O)c54)OCO6)N3[C@@H](C#N)[C@H](C2)N1C. The molecule has 0 amide bonds. The monoisotopic (exact) mass is 665 g/mol. The van der Waals surface area contributed by atoms with Gasteiger partial charge in [0, 0.05) is 53.9 Å². The van der Waals surface area contributed by atoms with Crippen molar-refractivity contribution in [1.29, 1.82) is 5.26 Å². The van der Waals surface area contributed by atoms with E-state index in [1.165, 1.54) is 32.7 Å². The molecule has 4 bridgehead atoms. The van der Waals surface area contributed by atoms with E-state index >= 15 is 0 Å². The average molecular weight is 666 g/mol. The smallest absolute Gasteiger partial charge is 0.348 e.